The Hall–Kier alpha value is -1.27. The van der Waals surface area contributed by atoms with Gasteiger partial charge in [-0.15, -0.1) is 16.4 Å². The van der Waals surface area contributed by atoms with Gasteiger partial charge in [0, 0.05) is 43.0 Å². The van der Waals surface area contributed by atoms with E-state index in [4.69, 9.17) is 4.74 Å². The van der Waals surface area contributed by atoms with Crippen LogP contribution in [0.3, 0.4) is 0 Å². The lowest BCUT2D eigenvalue weighted by atomic mass is 10.1. The van der Waals surface area contributed by atoms with Gasteiger partial charge in [-0.25, -0.2) is 4.98 Å². The van der Waals surface area contributed by atoms with E-state index < -0.39 is 0 Å². The number of nitrogens with zero attached hydrogens (tertiary/aromatic N) is 4. The van der Waals surface area contributed by atoms with Gasteiger partial charge in [-0.05, 0) is 6.42 Å². The monoisotopic (exact) mass is 292 g/mol. The van der Waals surface area contributed by atoms with Crippen LogP contribution in [-0.2, 0) is 17.7 Å². The molecule has 3 heterocycles. The van der Waals surface area contributed by atoms with E-state index in [9.17, 15) is 0 Å². The number of rotatable bonds is 5. The third-order valence-corrected chi connectivity index (χ3v) is 4.76. The Morgan fingerprint density at radius 1 is 1.50 bits per heavy atom. The van der Waals surface area contributed by atoms with Gasteiger partial charge in [0.2, 0.25) is 0 Å². The largest absolute Gasteiger partial charge is 0.381 e. The normalized spacial score (nSPS) is 19.1. The maximum atomic E-state index is 5.39. The second-order valence-electron chi connectivity index (χ2n) is 5.55. The molecule has 0 spiro atoms. The fraction of sp³-hybridized carbons (Fsp3) is 0.643. The van der Waals surface area contributed by atoms with E-state index in [1.54, 1.807) is 11.3 Å². The van der Waals surface area contributed by atoms with Gasteiger partial charge in [0.15, 0.2) is 0 Å². The number of ether oxygens (including phenoxy) is 1. The number of hydrogen-bond donors (Lipinski definition) is 0. The van der Waals surface area contributed by atoms with E-state index >= 15 is 0 Å². The van der Waals surface area contributed by atoms with E-state index in [-0.39, 0.29) is 0 Å². The van der Waals surface area contributed by atoms with Crippen molar-refractivity contribution in [3.63, 3.8) is 0 Å². The second-order valence-corrected chi connectivity index (χ2v) is 6.44. The maximum absolute atomic E-state index is 5.39. The standard InChI is InChI=1S/C14H20N4OS/c1-10(2)14-15-12(9-20-14)3-5-18-7-13(16-17-18)11-4-6-19-8-11/h7,9-11H,3-6,8H2,1-2H3/t11-/m0/s1. The van der Waals surface area contributed by atoms with Crippen LogP contribution >= 0.6 is 11.3 Å². The van der Waals surface area contributed by atoms with Crippen LogP contribution in [0.5, 0.6) is 0 Å². The average Bonchev–Trinajstić information content (AvgIpc) is 3.17. The summed E-state index contributed by atoms with van der Waals surface area (Å²) >= 11 is 1.75. The highest BCUT2D eigenvalue weighted by Crippen LogP contribution is 2.23. The summed E-state index contributed by atoms with van der Waals surface area (Å²) in [4.78, 5) is 4.65. The van der Waals surface area contributed by atoms with Crippen LogP contribution in [0.4, 0.5) is 0 Å². The highest BCUT2D eigenvalue weighted by atomic mass is 32.1. The van der Waals surface area contributed by atoms with E-state index in [2.05, 4.69) is 40.7 Å². The minimum absolute atomic E-state index is 0.426. The van der Waals surface area contributed by atoms with E-state index in [1.165, 1.54) is 5.01 Å². The Morgan fingerprint density at radius 3 is 3.10 bits per heavy atom. The Morgan fingerprint density at radius 2 is 2.40 bits per heavy atom. The summed E-state index contributed by atoms with van der Waals surface area (Å²) < 4.78 is 7.31. The molecule has 0 N–H and O–H groups in total. The molecular weight excluding hydrogens is 272 g/mol. The number of thiazole rings is 1. The quantitative estimate of drug-likeness (QED) is 0.850. The van der Waals surface area contributed by atoms with Gasteiger partial charge in [0.1, 0.15) is 0 Å². The lowest BCUT2D eigenvalue weighted by Gasteiger charge is -2.00. The predicted octanol–water partition coefficient (Wildman–Crippen LogP) is 2.60. The van der Waals surface area contributed by atoms with Gasteiger partial charge in [0.25, 0.3) is 0 Å². The van der Waals surface area contributed by atoms with Crippen molar-refractivity contribution in [2.45, 2.75) is 45.1 Å². The van der Waals surface area contributed by atoms with Crippen molar-refractivity contribution in [3.8, 4) is 0 Å². The Balaban J connectivity index is 1.57. The molecule has 0 amide bonds. The SMILES string of the molecule is CC(C)c1nc(CCn2cc([C@H]3CCOC3)nn2)cs1. The van der Waals surface area contributed by atoms with Crippen molar-refractivity contribution in [2.24, 2.45) is 0 Å². The number of aromatic nitrogens is 4. The summed E-state index contributed by atoms with van der Waals surface area (Å²) in [7, 11) is 0. The molecule has 3 rings (SSSR count). The lowest BCUT2D eigenvalue weighted by molar-refractivity contribution is 0.193. The molecule has 6 heteroatoms. The third kappa shape index (κ3) is 3.07. The zero-order valence-corrected chi connectivity index (χ0v) is 12.8. The molecule has 2 aromatic rings. The summed E-state index contributed by atoms with van der Waals surface area (Å²) in [5.41, 5.74) is 2.21. The van der Waals surface area contributed by atoms with Gasteiger partial charge < -0.3 is 4.74 Å². The van der Waals surface area contributed by atoms with E-state index in [1.807, 2.05) is 4.68 Å². The van der Waals surface area contributed by atoms with Crippen LogP contribution in [-0.4, -0.2) is 33.2 Å². The highest BCUT2D eigenvalue weighted by molar-refractivity contribution is 7.09. The fourth-order valence-electron chi connectivity index (χ4n) is 2.31. The molecule has 1 fully saturated rings. The van der Waals surface area contributed by atoms with Crippen molar-refractivity contribution >= 4 is 11.3 Å². The van der Waals surface area contributed by atoms with E-state index in [0.29, 0.717) is 11.8 Å². The van der Waals surface area contributed by atoms with Crippen molar-refractivity contribution in [1.82, 2.24) is 20.0 Å². The minimum atomic E-state index is 0.426. The first kappa shape index (κ1) is 13.7. The van der Waals surface area contributed by atoms with Crippen molar-refractivity contribution in [2.75, 3.05) is 13.2 Å². The van der Waals surface area contributed by atoms with Gasteiger partial charge in [-0.1, -0.05) is 19.1 Å². The molecule has 2 aromatic heterocycles. The van der Waals surface area contributed by atoms with Crippen molar-refractivity contribution < 1.29 is 4.74 Å². The van der Waals surface area contributed by atoms with Gasteiger partial charge in [-0.3, -0.25) is 4.68 Å². The molecule has 1 aliphatic heterocycles. The second kappa shape index (κ2) is 6.01. The van der Waals surface area contributed by atoms with E-state index in [0.717, 1.165) is 44.0 Å². The summed E-state index contributed by atoms with van der Waals surface area (Å²) in [5.74, 6) is 0.935. The first-order chi connectivity index (χ1) is 9.72. The van der Waals surface area contributed by atoms with Crippen LogP contribution < -0.4 is 0 Å². The first-order valence-electron chi connectivity index (χ1n) is 7.14. The Bertz CT molecular complexity index is 557. The van der Waals surface area contributed by atoms with Crippen molar-refractivity contribution in [3.05, 3.63) is 28.0 Å². The molecule has 1 aliphatic rings. The molecule has 0 aliphatic carbocycles. The predicted molar refractivity (Wildman–Crippen MR) is 78.1 cm³/mol. The summed E-state index contributed by atoms with van der Waals surface area (Å²) in [5, 5.41) is 11.8. The summed E-state index contributed by atoms with van der Waals surface area (Å²) in [6.07, 6.45) is 4.02. The molecule has 5 nitrogen and oxygen atoms in total. The van der Waals surface area contributed by atoms with Crippen LogP contribution in [0.2, 0.25) is 0 Å². The van der Waals surface area contributed by atoms with Crippen LogP contribution in [0, 0.1) is 0 Å². The Kier molecular flexibility index (Phi) is 4.12. The van der Waals surface area contributed by atoms with Crippen molar-refractivity contribution in [1.29, 1.82) is 0 Å². The third-order valence-electron chi connectivity index (χ3n) is 3.56. The molecule has 1 atom stereocenters. The maximum Gasteiger partial charge on any atom is 0.0953 e. The Labute approximate surface area is 123 Å². The summed E-state index contributed by atoms with van der Waals surface area (Å²) in [6, 6.07) is 0. The van der Waals surface area contributed by atoms with Gasteiger partial charge in [-0.2, -0.15) is 0 Å². The molecule has 0 bridgehead atoms. The molecular formula is C14H20N4OS. The molecule has 108 valence electrons. The van der Waals surface area contributed by atoms with Gasteiger partial charge in [0.05, 0.1) is 23.0 Å². The molecule has 0 aromatic carbocycles. The number of hydrogen-bond acceptors (Lipinski definition) is 5. The lowest BCUT2D eigenvalue weighted by Crippen LogP contribution is -2.02. The van der Waals surface area contributed by atoms with Crippen LogP contribution in [0.25, 0.3) is 0 Å². The molecule has 1 saturated heterocycles. The molecule has 0 unspecified atom stereocenters. The minimum Gasteiger partial charge on any atom is -0.381 e. The summed E-state index contributed by atoms with van der Waals surface area (Å²) in [6.45, 7) is 6.81. The van der Waals surface area contributed by atoms with Gasteiger partial charge >= 0.3 is 0 Å². The fourth-order valence-corrected chi connectivity index (χ4v) is 3.18. The van der Waals surface area contributed by atoms with Crippen LogP contribution in [0.15, 0.2) is 11.6 Å². The number of aryl methyl sites for hydroxylation is 2. The first-order valence-corrected chi connectivity index (χ1v) is 8.02. The topological polar surface area (TPSA) is 52.8 Å². The highest BCUT2D eigenvalue weighted by Gasteiger charge is 2.20. The molecule has 20 heavy (non-hydrogen) atoms. The zero-order valence-electron chi connectivity index (χ0n) is 12.0. The molecule has 0 radical (unpaired) electrons. The smallest absolute Gasteiger partial charge is 0.0953 e. The average molecular weight is 292 g/mol. The zero-order chi connectivity index (χ0) is 13.9. The van der Waals surface area contributed by atoms with Crippen LogP contribution in [0.1, 0.15) is 48.5 Å². The molecule has 0 saturated carbocycles.